The van der Waals surface area contributed by atoms with Crippen LogP contribution in [0.5, 0.6) is 0 Å². The van der Waals surface area contributed by atoms with E-state index in [0.29, 0.717) is 17.4 Å². The fraction of sp³-hybridized carbons (Fsp3) is 1.00. The van der Waals surface area contributed by atoms with Crippen LogP contribution in [0, 0.1) is 11.8 Å². The van der Waals surface area contributed by atoms with E-state index in [4.69, 9.17) is 16.3 Å². The van der Waals surface area contributed by atoms with E-state index in [1.807, 2.05) is 6.92 Å². The Labute approximate surface area is 97.1 Å². The van der Waals surface area contributed by atoms with Gasteiger partial charge in [0.1, 0.15) is 0 Å². The van der Waals surface area contributed by atoms with Crippen molar-refractivity contribution in [2.75, 3.05) is 24.5 Å². The lowest BCUT2D eigenvalue weighted by Gasteiger charge is -2.22. The normalized spacial score (nSPS) is 28.9. The molecule has 0 aromatic carbocycles. The molecule has 5 heteroatoms. The van der Waals surface area contributed by atoms with Gasteiger partial charge >= 0.3 is 0 Å². The topological polar surface area (TPSA) is 43.4 Å². The van der Waals surface area contributed by atoms with Gasteiger partial charge < -0.3 is 4.74 Å². The Bertz CT molecular complexity index is 289. The highest BCUT2D eigenvalue weighted by Gasteiger charge is 2.33. The third-order valence-electron chi connectivity index (χ3n) is 3.17. The molecule has 3 nitrogen and oxygen atoms in total. The highest BCUT2D eigenvalue weighted by Crippen LogP contribution is 2.30. The molecule has 1 saturated heterocycles. The van der Waals surface area contributed by atoms with Crippen LogP contribution in [0.2, 0.25) is 0 Å². The number of rotatable bonds is 5. The SMILES string of the molecule is COC(C)CC(CCl)C1CCS(=O)(=O)C1. The van der Waals surface area contributed by atoms with Crippen LogP contribution in [0.25, 0.3) is 0 Å². The second-order valence-electron chi connectivity index (χ2n) is 4.36. The van der Waals surface area contributed by atoms with E-state index in [-0.39, 0.29) is 17.9 Å². The highest BCUT2D eigenvalue weighted by molar-refractivity contribution is 7.91. The van der Waals surface area contributed by atoms with Gasteiger partial charge in [0.05, 0.1) is 17.6 Å². The summed E-state index contributed by atoms with van der Waals surface area (Å²) in [7, 11) is -1.12. The Kier molecular flexibility index (Phi) is 4.87. The average molecular weight is 255 g/mol. The Balaban J connectivity index is 2.53. The van der Waals surface area contributed by atoms with Gasteiger partial charge in [-0.25, -0.2) is 8.42 Å². The van der Waals surface area contributed by atoms with E-state index in [1.54, 1.807) is 7.11 Å². The predicted molar refractivity (Wildman–Crippen MR) is 62.1 cm³/mol. The maximum absolute atomic E-state index is 11.3. The summed E-state index contributed by atoms with van der Waals surface area (Å²) >= 11 is 5.89. The van der Waals surface area contributed by atoms with Gasteiger partial charge in [0.25, 0.3) is 0 Å². The second-order valence-corrected chi connectivity index (χ2v) is 6.90. The number of hydrogen-bond donors (Lipinski definition) is 0. The fourth-order valence-electron chi connectivity index (χ4n) is 2.10. The molecule has 15 heavy (non-hydrogen) atoms. The monoisotopic (exact) mass is 254 g/mol. The Hall–Kier alpha value is 0.200. The highest BCUT2D eigenvalue weighted by atomic mass is 35.5. The van der Waals surface area contributed by atoms with Crippen LogP contribution in [0.15, 0.2) is 0 Å². The summed E-state index contributed by atoms with van der Waals surface area (Å²) in [6.07, 6.45) is 1.76. The summed E-state index contributed by atoms with van der Waals surface area (Å²) in [6.45, 7) is 1.99. The van der Waals surface area contributed by atoms with E-state index < -0.39 is 9.84 Å². The van der Waals surface area contributed by atoms with E-state index in [0.717, 1.165) is 12.8 Å². The molecule has 1 fully saturated rings. The van der Waals surface area contributed by atoms with Crippen molar-refractivity contribution in [2.24, 2.45) is 11.8 Å². The molecule has 0 bridgehead atoms. The maximum Gasteiger partial charge on any atom is 0.150 e. The lowest BCUT2D eigenvalue weighted by atomic mass is 9.89. The molecule has 0 aliphatic carbocycles. The van der Waals surface area contributed by atoms with E-state index >= 15 is 0 Å². The smallest absolute Gasteiger partial charge is 0.150 e. The standard InChI is InChI=1S/C10H19ClO3S/c1-8(14-2)5-10(6-11)9-3-4-15(12,13)7-9/h8-10H,3-7H2,1-2H3. The predicted octanol–water partition coefficient (Wildman–Crippen LogP) is 1.70. The number of hydrogen-bond acceptors (Lipinski definition) is 3. The minimum Gasteiger partial charge on any atom is -0.382 e. The molecule has 1 heterocycles. The molecule has 0 aromatic rings. The Morgan fingerprint density at radius 1 is 1.53 bits per heavy atom. The number of alkyl halides is 1. The molecule has 0 saturated carbocycles. The van der Waals surface area contributed by atoms with Crippen molar-refractivity contribution in [1.29, 1.82) is 0 Å². The third kappa shape index (κ3) is 3.93. The lowest BCUT2D eigenvalue weighted by Crippen LogP contribution is -2.23. The van der Waals surface area contributed by atoms with Crippen molar-refractivity contribution in [1.82, 2.24) is 0 Å². The van der Waals surface area contributed by atoms with Gasteiger partial charge in [0.2, 0.25) is 0 Å². The molecule has 0 spiro atoms. The molecule has 1 aliphatic rings. The van der Waals surface area contributed by atoms with Crippen molar-refractivity contribution in [2.45, 2.75) is 25.9 Å². The summed E-state index contributed by atoms with van der Waals surface area (Å²) in [5.41, 5.74) is 0. The molecule has 90 valence electrons. The van der Waals surface area contributed by atoms with E-state index in [1.165, 1.54) is 0 Å². The first kappa shape index (κ1) is 13.3. The summed E-state index contributed by atoms with van der Waals surface area (Å²) < 4.78 is 27.9. The zero-order chi connectivity index (χ0) is 11.5. The van der Waals surface area contributed by atoms with Crippen LogP contribution in [-0.4, -0.2) is 39.0 Å². The molecule has 3 atom stereocenters. The number of methoxy groups -OCH3 is 1. The molecular formula is C10H19ClO3S. The Morgan fingerprint density at radius 2 is 2.20 bits per heavy atom. The lowest BCUT2D eigenvalue weighted by molar-refractivity contribution is 0.0898. The first-order valence-corrected chi connectivity index (χ1v) is 7.63. The van der Waals surface area contributed by atoms with Crippen molar-refractivity contribution >= 4 is 21.4 Å². The Morgan fingerprint density at radius 3 is 2.60 bits per heavy atom. The first-order valence-electron chi connectivity index (χ1n) is 5.27. The van der Waals surface area contributed by atoms with Crippen LogP contribution in [0.3, 0.4) is 0 Å². The van der Waals surface area contributed by atoms with Crippen molar-refractivity contribution in [3.8, 4) is 0 Å². The van der Waals surface area contributed by atoms with Gasteiger partial charge in [-0.15, -0.1) is 11.6 Å². The van der Waals surface area contributed by atoms with Crippen molar-refractivity contribution in [3.63, 3.8) is 0 Å². The summed E-state index contributed by atoms with van der Waals surface area (Å²) in [5, 5.41) is 0. The zero-order valence-corrected chi connectivity index (χ0v) is 10.9. The van der Waals surface area contributed by atoms with E-state index in [9.17, 15) is 8.42 Å². The molecule has 3 unspecified atom stereocenters. The van der Waals surface area contributed by atoms with Crippen LogP contribution < -0.4 is 0 Å². The third-order valence-corrected chi connectivity index (χ3v) is 5.36. The van der Waals surface area contributed by atoms with Crippen LogP contribution in [-0.2, 0) is 14.6 Å². The second kappa shape index (κ2) is 5.51. The van der Waals surface area contributed by atoms with Crippen molar-refractivity contribution < 1.29 is 13.2 Å². The van der Waals surface area contributed by atoms with Gasteiger partial charge in [0, 0.05) is 13.0 Å². The van der Waals surface area contributed by atoms with Gasteiger partial charge in [-0.1, -0.05) is 0 Å². The molecule has 0 N–H and O–H groups in total. The minimum atomic E-state index is -2.79. The molecule has 0 aromatic heterocycles. The quantitative estimate of drug-likeness (QED) is 0.702. The van der Waals surface area contributed by atoms with E-state index in [2.05, 4.69) is 0 Å². The number of ether oxygens (including phenoxy) is 1. The molecule has 0 amide bonds. The van der Waals surface area contributed by atoms with Crippen LogP contribution >= 0.6 is 11.6 Å². The van der Waals surface area contributed by atoms with Crippen LogP contribution in [0.1, 0.15) is 19.8 Å². The van der Waals surface area contributed by atoms with Gasteiger partial charge in [-0.3, -0.25) is 0 Å². The molecule has 1 aliphatic heterocycles. The van der Waals surface area contributed by atoms with Gasteiger partial charge in [-0.05, 0) is 31.6 Å². The van der Waals surface area contributed by atoms with Gasteiger partial charge in [0.15, 0.2) is 9.84 Å². The summed E-state index contributed by atoms with van der Waals surface area (Å²) in [4.78, 5) is 0. The minimum absolute atomic E-state index is 0.150. The summed E-state index contributed by atoms with van der Waals surface area (Å²) in [6, 6.07) is 0. The molecular weight excluding hydrogens is 236 g/mol. The summed E-state index contributed by atoms with van der Waals surface area (Å²) in [5.74, 6) is 1.64. The zero-order valence-electron chi connectivity index (χ0n) is 9.28. The number of halogens is 1. The number of sulfone groups is 1. The van der Waals surface area contributed by atoms with Gasteiger partial charge in [-0.2, -0.15) is 0 Å². The van der Waals surface area contributed by atoms with Crippen molar-refractivity contribution in [3.05, 3.63) is 0 Å². The largest absolute Gasteiger partial charge is 0.382 e. The molecule has 0 radical (unpaired) electrons. The molecule has 1 rings (SSSR count). The maximum atomic E-state index is 11.3. The van der Waals surface area contributed by atoms with Crippen LogP contribution in [0.4, 0.5) is 0 Å². The average Bonchev–Trinajstić information content (AvgIpc) is 2.54. The first-order chi connectivity index (χ1) is 6.98. The fourth-order valence-corrected chi connectivity index (χ4v) is 4.40.